The van der Waals surface area contributed by atoms with E-state index in [1.54, 1.807) is 0 Å². The van der Waals surface area contributed by atoms with Crippen molar-refractivity contribution in [1.29, 1.82) is 0 Å². The first-order valence-electron chi connectivity index (χ1n) is 11.8. The van der Waals surface area contributed by atoms with E-state index in [9.17, 15) is 5.11 Å². The van der Waals surface area contributed by atoms with E-state index in [2.05, 4.69) is 51.7 Å². The standard InChI is InChI=1S/C29H25ClN4O/c30-26-11-5-3-9-23(26)25-14-19-16-32-29(34-28(19)24-10-2-1-8-22(24)25)33-20(17-35)13-18-15-31-27-12-6-4-7-21(18)27/h1-12,15-16,20,25,31,35H,13-14,17H2,(H,32,33,34)/t20-,25?/m1/s1. The van der Waals surface area contributed by atoms with Gasteiger partial charge in [0.1, 0.15) is 0 Å². The maximum Gasteiger partial charge on any atom is 0.223 e. The molecule has 5 nitrogen and oxygen atoms in total. The first-order chi connectivity index (χ1) is 17.2. The Hall–Kier alpha value is -3.67. The highest BCUT2D eigenvalue weighted by molar-refractivity contribution is 6.31. The molecule has 1 aliphatic rings. The number of nitrogens with one attached hydrogen (secondary N) is 2. The van der Waals surface area contributed by atoms with Gasteiger partial charge in [0.05, 0.1) is 18.3 Å². The van der Waals surface area contributed by atoms with Gasteiger partial charge in [-0.05, 0) is 47.2 Å². The summed E-state index contributed by atoms with van der Waals surface area (Å²) in [6, 6.07) is 24.4. The van der Waals surface area contributed by atoms with Crippen LogP contribution in [0.5, 0.6) is 0 Å². The molecule has 1 aliphatic carbocycles. The Bertz CT molecular complexity index is 1510. The number of aromatic nitrogens is 3. The lowest BCUT2D eigenvalue weighted by molar-refractivity contribution is 0.273. The third kappa shape index (κ3) is 4.07. The molecule has 35 heavy (non-hydrogen) atoms. The predicted octanol–water partition coefficient (Wildman–Crippen LogP) is 5.98. The number of fused-ring (bicyclic) bond motifs is 4. The van der Waals surface area contributed by atoms with Crippen LogP contribution in [0.4, 0.5) is 5.95 Å². The summed E-state index contributed by atoms with van der Waals surface area (Å²) in [5.41, 5.74) is 7.71. The SMILES string of the molecule is OC[C@@H](Cc1c[nH]c2ccccc12)Nc1ncc2c(n1)-c1ccccc1C(c1ccccc1Cl)C2. The highest BCUT2D eigenvalue weighted by atomic mass is 35.5. The number of H-pyrrole nitrogens is 1. The molecule has 0 radical (unpaired) electrons. The number of aromatic amines is 1. The summed E-state index contributed by atoms with van der Waals surface area (Å²) in [7, 11) is 0. The molecular formula is C29H25ClN4O. The molecule has 5 aromatic rings. The molecule has 0 bridgehead atoms. The maximum absolute atomic E-state index is 10.1. The highest BCUT2D eigenvalue weighted by Gasteiger charge is 2.28. The normalized spacial score (nSPS) is 15.4. The number of rotatable bonds is 6. The van der Waals surface area contributed by atoms with Crippen molar-refractivity contribution in [2.45, 2.75) is 24.8 Å². The number of benzene rings is 3. The van der Waals surface area contributed by atoms with Crippen molar-refractivity contribution in [2.75, 3.05) is 11.9 Å². The number of hydrogen-bond donors (Lipinski definition) is 3. The third-order valence-electron chi connectivity index (χ3n) is 6.86. The van der Waals surface area contributed by atoms with Crippen molar-refractivity contribution in [2.24, 2.45) is 0 Å². The van der Waals surface area contributed by atoms with E-state index >= 15 is 0 Å². The van der Waals surface area contributed by atoms with Gasteiger partial charge in [-0.15, -0.1) is 0 Å². The molecule has 2 heterocycles. The zero-order valence-electron chi connectivity index (χ0n) is 19.1. The van der Waals surface area contributed by atoms with E-state index in [1.165, 1.54) is 10.9 Å². The molecule has 0 spiro atoms. The van der Waals surface area contributed by atoms with E-state index in [1.807, 2.05) is 48.8 Å². The van der Waals surface area contributed by atoms with Crippen LogP contribution < -0.4 is 5.32 Å². The second-order valence-electron chi connectivity index (χ2n) is 9.02. The lowest BCUT2D eigenvalue weighted by Gasteiger charge is -2.28. The molecule has 0 fully saturated rings. The fraction of sp³-hybridized carbons (Fsp3) is 0.172. The number of aliphatic hydroxyl groups is 1. The Morgan fingerprint density at radius 2 is 1.77 bits per heavy atom. The summed E-state index contributed by atoms with van der Waals surface area (Å²) < 4.78 is 0. The quantitative estimate of drug-likeness (QED) is 0.279. The van der Waals surface area contributed by atoms with E-state index in [0.29, 0.717) is 12.4 Å². The Kier molecular flexibility index (Phi) is 5.72. The fourth-order valence-corrected chi connectivity index (χ4v) is 5.42. The molecule has 1 unspecified atom stereocenters. The smallest absolute Gasteiger partial charge is 0.223 e. The van der Waals surface area contributed by atoms with E-state index in [0.717, 1.165) is 44.9 Å². The van der Waals surface area contributed by atoms with Crippen LogP contribution in [0.1, 0.15) is 28.2 Å². The molecule has 0 saturated carbocycles. The summed E-state index contributed by atoms with van der Waals surface area (Å²) in [5, 5.41) is 15.4. The van der Waals surface area contributed by atoms with Crippen LogP contribution >= 0.6 is 11.6 Å². The van der Waals surface area contributed by atoms with Gasteiger partial charge in [-0.1, -0.05) is 72.3 Å². The fourth-order valence-electron chi connectivity index (χ4n) is 5.15. The minimum atomic E-state index is -0.207. The summed E-state index contributed by atoms with van der Waals surface area (Å²) >= 11 is 6.58. The average Bonchev–Trinajstić information content (AvgIpc) is 3.31. The Balaban J connectivity index is 1.30. The number of halogens is 1. The molecule has 3 N–H and O–H groups in total. The molecule has 2 atom stereocenters. The van der Waals surface area contributed by atoms with E-state index in [-0.39, 0.29) is 18.6 Å². The minimum absolute atomic E-state index is 0.0227. The van der Waals surface area contributed by atoms with Crippen LogP contribution in [0.25, 0.3) is 22.2 Å². The van der Waals surface area contributed by atoms with Gasteiger partial charge in [-0.25, -0.2) is 9.97 Å². The molecule has 2 aromatic heterocycles. The summed E-state index contributed by atoms with van der Waals surface area (Å²) in [6.07, 6.45) is 5.36. The van der Waals surface area contributed by atoms with Crippen molar-refractivity contribution in [1.82, 2.24) is 15.0 Å². The lowest BCUT2D eigenvalue weighted by Crippen LogP contribution is -2.27. The minimum Gasteiger partial charge on any atom is -0.394 e. The third-order valence-corrected chi connectivity index (χ3v) is 7.20. The van der Waals surface area contributed by atoms with Gasteiger partial charge in [-0.3, -0.25) is 0 Å². The van der Waals surface area contributed by atoms with Crippen molar-refractivity contribution in [3.63, 3.8) is 0 Å². The van der Waals surface area contributed by atoms with Gasteiger partial charge in [0.15, 0.2) is 0 Å². The molecular weight excluding hydrogens is 456 g/mol. The van der Waals surface area contributed by atoms with Gasteiger partial charge in [-0.2, -0.15) is 0 Å². The average molecular weight is 481 g/mol. The Morgan fingerprint density at radius 3 is 2.63 bits per heavy atom. The number of para-hydroxylation sites is 1. The second kappa shape index (κ2) is 9.17. The highest BCUT2D eigenvalue weighted by Crippen LogP contribution is 2.43. The molecule has 6 heteroatoms. The van der Waals surface area contributed by atoms with Crippen LogP contribution in [0, 0.1) is 0 Å². The van der Waals surface area contributed by atoms with Gasteiger partial charge >= 0.3 is 0 Å². The van der Waals surface area contributed by atoms with Crippen LogP contribution in [0.3, 0.4) is 0 Å². The number of anilines is 1. The van der Waals surface area contributed by atoms with E-state index < -0.39 is 0 Å². The molecule has 174 valence electrons. The monoisotopic (exact) mass is 480 g/mol. The molecule has 3 aromatic carbocycles. The van der Waals surface area contributed by atoms with Gasteiger partial charge in [0.2, 0.25) is 5.95 Å². The summed E-state index contributed by atoms with van der Waals surface area (Å²) in [4.78, 5) is 12.8. The Morgan fingerprint density at radius 1 is 1.00 bits per heavy atom. The second-order valence-corrected chi connectivity index (χ2v) is 9.43. The predicted molar refractivity (Wildman–Crippen MR) is 141 cm³/mol. The van der Waals surface area contributed by atoms with E-state index in [4.69, 9.17) is 16.6 Å². The lowest BCUT2D eigenvalue weighted by atomic mass is 9.78. The summed E-state index contributed by atoms with van der Waals surface area (Å²) in [6.45, 7) is -0.0227. The van der Waals surface area contributed by atoms with Crippen molar-refractivity contribution >= 4 is 28.5 Å². The number of hydrogen-bond acceptors (Lipinski definition) is 4. The molecule has 0 amide bonds. The molecule has 0 aliphatic heterocycles. The van der Waals surface area contributed by atoms with Crippen molar-refractivity contribution in [3.8, 4) is 11.3 Å². The van der Waals surface area contributed by atoms with Crippen LogP contribution in [-0.4, -0.2) is 32.7 Å². The van der Waals surface area contributed by atoms with Crippen LogP contribution in [0.15, 0.2) is 85.2 Å². The Labute approximate surface area is 208 Å². The number of nitrogens with zero attached hydrogens (tertiary/aromatic N) is 2. The molecule has 6 rings (SSSR count). The van der Waals surface area contributed by atoms with Crippen molar-refractivity contribution < 1.29 is 5.11 Å². The van der Waals surface area contributed by atoms with Crippen molar-refractivity contribution in [3.05, 3.63) is 112 Å². The molecule has 0 saturated heterocycles. The largest absolute Gasteiger partial charge is 0.394 e. The topological polar surface area (TPSA) is 73.8 Å². The zero-order chi connectivity index (χ0) is 23.8. The zero-order valence-corrected chi connectivity index (χ0v) is 19.8. The van der Waals surface area contributed by atoms with Gasteiger partial charge in [0, 0.05) is 39.8 Å². The van der Waals surface area contributed by atoms with Gasteiger partial charge < -0.3 is 15.4 Å². The maximum atomic E-state index is 10.1. The van der Waals surface area contributed by atoms with Crippen LogP contribution in [-0.2, 0) is 12.8 Å². The first kappa shape index (κ1) is 21.8. The van der Waals surface area contributed by atoms with Gasteiger partial charge in [0.25, 0.3) is 0 Å². The van der Waals surface area contributed by atoms with Crippen LogP contribution in [0.2, 0.25) is 5.02 Å². The summed E-state index contributed by atoms with van der Waals surface area (Å²) in [5.74, 6) is 0.676. The number of aliphatic hydroxyl groups excluding tert-OH is 1. The first-order valence-corrected chi connectivity index (χ1v) is 12.2.